The van der Waals surface area contributed by atoms with Crippen molar-refractivity contribution in [3.63, 3.8) is 0 Å². The number of hydrogen-bond acceptors (Lipinski definition) is 8. The number of carbonyl (C=O) groups excluding carboxylic acids is 3. The van der Waals surface area contributed by atoms with Crippen LogP contribution in [-0.2, 0) is 19.6 Å². The molecule has 2 aromatic rings. The minimum Gasteiger partial charge on any atom is -0.618 e. The average Bonchev–Trinajstić information content (AvgIpc) is 3.60. The molecule has 1 aromatic heterocycles. The Hall–Kier alpha value is -3.71. The fourth-order valence-electron chi connectivity index (χ4n) is 5.10. The van der Waals surface area contributed by atoms with Gasteiger partial charge in [-0.05, 0) is 37.1 Å². The SMILES string of the molecule is CCCC(NC(=O)c1ccc2c(c1)OCO2)C(=O)N1CCC2C1C(=O)CN2S(=O)(=O)c1cccc[n+]1[O-]. The zero-order chi connectivity index (χ0) is 26.3. The van der Waals surface area contributed by atoms with Gasteiger partial charge in [-0.15, -0.1) is 0 Å². The number of Topliss-reactive ketones (excluding diaryl/α,β-unsaturated/α-hetero) is 1. The van der Waals surface area contributed by atoms with Gasteiger partial charge in [-0.25, -0.2) is 8.42 Å². The minimum absolute atomic E-state index is 0.0642. The van der Waals surface area contributed by atoms with Crippen LogP contribution in [0.4, 0.5) is 0 Å². The minimum atomic E-state index is -4.26. The number of hydrogen-bond donors (Lipinski definition) is 1. The van der Waals surface area contributed by atoms with Crippen LogP contribution in [-0.4, -0.2) is 73.2 Å². The molecule has 37 heavy (non-hydrogen) atoms. The van der Waals surface area contributed by atoms with Gasteiger partial charge in [0.15, 0.2) is 23.5 Å². The normalized spacial score (nSPS) is 21.6. The third kappa shape index (κ3) is 4.37. The first-order chi connectivity index (χ1) is 17.7. The van der Waals surface area contributed by atoms with Crippen LogP contribution in [0, 0.1) is 5.21 Å². The molecule has 4 heterocycles. The van der Waals surface area contributed by atoms with E-state index >= 15 is 0 Å². The van der Waals surface area contributed by atoms with Crippen LogP contribution >= 0.6 is 0 Å². The van der Waals surface area contributed by atoms with Crippen LogP contribution in [0.15, 0.2) is 47.6 Å². The van der Waals surface area contributed by atoms with Gasteiger partial charge in [0.05, 0.1) is 12.6 Å². The van der Waals surface area contributed by atoms with Crippen molar-refractivity contribution in [2.75, 3.05) is 19.9 Å². The van der Waals surface area contributed by atoms with Gasteiger partial charge in [-0.1, -0.05) is 13.3 Å². The molecule has 2 fully saturated rings. The van der Waals surface area contributed by atoms with Crippen molar-refractivity contribution >= 4 is 27.6 Å². The van der Waals surface area contributed by atoms with Crippen molar-refractivity contribution < 1.29 is 37.0 Å². The molecule has 0 saturated carbocycles. The number of pyridine rings is 1. The summed E-state index contributed by atoms with van der Waals surface area (Å²) in [5, 5.41) is 14.4. The maximum absolute atomic E-state index is 13.6. The molecule has 3 atom stereocenters. The van der Waals surface area contributed by atoms with Crippen LogP contribution in [0.25, 0.3) is 0 Å². The molecule has 196 valence electrons. The highest BCUT2D eigenvalue weighted by molar-refractivity contribution is 7.89. The van der Waals surface area contributed by atoms with Crippen LogP contribution in [0.3, 0.4) is 0 Å². The summed E-state index contributed by atoms with van der Waals surface area (Å²) in [4.78, 5) is 40.8. The highest BCUT2D eigenvalue weighted by atomic mass is 32.2. The quantitative estimate of drug-likeness (QED) is 0.394. The van der Waals surface area contributed by atoms with Crippen LogP contribution in [0.2, 0.25) is 0 Å². The lowest BCUT2D eigenvalue weighted by molar-refractivity contribution is -0.646. The molecule has 1 N–H and O–H groups in total. The molecule has 12 nitrogen and oxygen atoms in total. The number of sulfonamides is 1. The number of ketones is 1. The first-order valence-electron chi connectivity index (χ1n) is 12.0. The van der Waals surface area contributed by atoms with Gasteiger partial charge >= 0.3 is 15.0 Å². The van der Waals surface area contributed by atoms with Crippen molar-refractivity contribution in [2.45, 2.75) is 49.3 Å². The number of nitrogens with one attached hydrogen (secondary N) is 1. The first kappa shape index (κ1) is 25.0. The summed E-state index contributed by atoms with van der Waals surface area (Å²) in [6.45, 7) is 1.65. The Morgan fingerprint density at radius 2 is 2.00 bits per heavy atom. The molecular formula is C24H26N4O8S. The largest absolute Gasteiger partial charge is 0.618 e. The molecule has 3 unspecified atom stereocenters. The second-order valence-electron chi connectivity index (χ2n) is 9.10. The van der Waals surface area contributed by atoms with Crippen LogP contribution in [0.5, 0.6) is 11.5 Å². The molecule has 3 aliphatic rings. The van der Waals surface area contributed by atoms with Gasteiger partial charge in [-0.2, -0.15) is 9.04 Å². The Kier molecular flexibility index (Phi) is 6.50. The zero-order valence-corrected chi connectivity index (χ0v) is 20.8. The molecule has 0 bridgehead atoms. The fraction of sp³-hybridized carbons (Fsp3) is 0.417. The van der Waals surface area contributed by atoms with Gasteiger partial charge in [0.2, 0.25) is 12.7 Å². The van der Waals surface area contributed by atoms with Crippen LogP contribution in [0.1, 0.15) is 36.5 Å². The maximum atomic E-state index is 13.6. The summed E-state index contributed by atoms with van der Waals surface area (Å²) in [5.74, 6) is -0.395. The van der Waals surface area contributed by atoms with E-state index in [1.165, 1.54) is 29.2 Å². The first-order valence-corrected chi connectivity index (χ1v) is 13.4. The molecule has 0 radical (unpaired) electrons. The molecule has 5 rings (SSSR count). The fourth-order valence-corrected chi connectivity index (χ4v) is 6.75. The second-order valence-corrected chi connectivity index (χ2v) is 10.9. The van der Waals surface area contributed by atoms with E-state index in [1.54, 1.807) is 12.1 Å². The van der Waals surface area contributed by atoms with E-state index in [-0.39, 0.29) is 24.5 Å². The van der Waals surface area contributed by atoms with E-state index in [0.717, 1.165) is 10.5 Å². The van der Waals surface area contributed by atoms with Crippen molar-refractivity contribution in [3.8, 4) is 11.5 Å². The Morgan fingerprint density at radius 3 is 2.76 bits per heavy atom. The maximum Gasteiger partial charge on any atom is 0.323 e. The van der Waals surface area contributed by atoms with Crippen molar-refractivity contribution in [3.05, 3.63) is 53.4 Å². The number of ether oxygens (including phenoxy) is 2. The summed E-state index contributed by atoms with van der Waals surface area (Å²) < 4.78 is 38.3. The van der Waals surface area contributed by atoms with Crippen molar-refractivity contribution in [2.24, 2.45) is 0 Å². The highest BCUT2D eigenvalue weighted by Crippen LogP contribution is 2.34. The molecule has 13 heteroatoms. The predicted molar refractivity (Wildman–Crippen MR) is 127 cm³/mol. The summed E-state index contributed by atoms with van der Waals surface area (Å²) in [6, 6.07) is 6.07. The molecule has 2 saturated heterocycles. The lowest BCUT2D eigenvalue weighted by Gasteiger charge is -2.28. The molecule has 0 aliphatic carbocycles. The number of fused-ring (bicyclic) bond motifs is 2. The van der Waals surface area contributed by atoms with Crippen LogP contribution < -0.4 is 19.5 Å². The summed E-state index contributed by atoms with van der Waals surface area (Å²) in [5.41, 5.74) is 0.292. The molecule has 0 spiro atoms. The van der Waals surface area contributed by atoms with Gasteiger partial charge in [0, 0.05) is 24.2 Å². The molecule has 3 aliphatic heterocycles. The van der Waals surface area contributed by atoms with Gasteiger partial charge in [0.25, 0.3) is 5.91 Å². The third-order valence-electron chi connectivity index (χ3n) is 6.84. The monoisotopic (exact) mass is 530 g/mol. The predicted octanol–water partition coefficient (Wildman–Crippen LogP) is 0.190. The van der Waals surface area contributed by atoms with Gasteiger partial charge in [0.1, 0.15) is 12.1 Å². The lowest BCUT2D eigenvalue weighted by atomic mass is 10.1. The highest BCUT2D eigenvalue weighted by Gasteiger charge is 2.55. The Balaban J connectivity index is 1.34. The zero-order valence-electron chi connectivity index (χ0n) is 20.0. The standard InChI is InChI=1S/C24H26N4O8S/c1-2-5-16(25-23(30)15-7-8-19-20(12-15)36-14-35-19)24(31)26-11-9-17-22(26)18(29)13-28(17)37(33,34)21-6-3-4-10-27(21)32/h3-4,6-8,10,12,16-17,22H,2,5,9,11,13-14H2,1H3,(H,25,30). The van der Waals surface area contributed by atoms with E-state index in [9.17, 15) is 28.0 Å². The smallest absolute Gasteiger partial charge is 0.323 e. The van der Waals surface area contributed by atoms with E-state index in [0.29, 0.717) is 29.9 Å². The Morgan fingerprint density at radius 1 is 1.22 bits per heavy atom. The number of nitrogens with zero attached hydrogens (tertiary/aromatic N) is 3. The number of aromatic nitrogens is 1. The van der Waals surface area contributed by atoms with Gasteiger partial charge in [-0.3, -0.25) is 14.4 Å². The molecule has 1 aromatic carbocycles. The summed E-state index contributed by atoms with van der Waals surface area (Å²) in [7, 11) is -4.26. The Bertz CT molecular complexity index is 1360. The lowest BCUT2D eigenvalue weighted by Crippen LogP contribution is -2.52. The van der Waals surface area contributed by atoms with E-state index in [1.807, 2.05) is 6.92 Å². The van der Waals surface area contributed by atoms with Crippen molar-refractivity contribution in [1.29, 1.82) is 0 Å². The molecule has 2 amide bonds. The van der Waals surface area contributed by atoms with Gasteiger partial charge < -0.3 is 24.9 Å². The number of carbonyl (C=O) groups is 3. The van der Waals surface area contributed by atoms with E-state index < -0.39 is 57.3 Å². The number of amides is 2. The van der Waals surface area contributed by atoms with E-state index in [2.05, 4.69) is 5.32 Å². The number of likely N-dealkylation sites (tertiary alicyclic amines) is 1. The topological polar surface area (TPSA) is 149 Å². The third-order valence-corrected chi connectivity index (χ3v) is 8.70. The number of rotatable bonds is 7. The second kappa shape index (κ2) is 9.63. The average molecular weight is 531 g/mol. The van der Waals surface area contributed by atoms with Crippen molar-refractivity contribution in [1.82, 2.24) is 14.5 Å². The summed E-state index contributed by atoms with van der Waals surface area (Å²) >= 11 is 0. The number of benzene rings is 1. The Labute approximate surface area is 213 Å². The molecular weight excluding hydrogens is 504 g/mol. The summed E-state index contributed by atoms with van der Waals surface area (Å²) in [6.07, 6.45) is 2.23. The van der Waals surface area contributed by atoms with E-state index in [4.69, 9.17) is 9.47 Å².